The van der Waals surface area contributed by atoms with Gasteiger partial charge < -0.3 is 14.2 Å². The highest BCUT2D eigenvalue weighted by Crippen LogP contribution is 2.38. The lowest BCUT2D eigenvalue weighted by molar-refractivity contribution is 0.272. The predicted molar refractivity (Wildman–Crippen MR) is 85.5 cm³/mol. The highest BCUT2D eigenvalue weighted by molar-refractivity contribution is 5.52. The number of fused-ring (bicyclic) bond motifs is 1. The normalized spacial score (nSPS) is 13.8. The van der Waals surface area contributed by atoms with Crippen molar-refractivity contribution in [1.29, 1.82) is 0 Å². The molecule has 116 valence electrons. The standard InChI is InChI=1S/C18H21NO3/c1-20-15-7-4-13(5-8-15)10-19-11-14-6-9-17(21-2)18(22-3)16(14)12-19/h4-9H,10-12H2,1-3H3. The molecule has 4 nitrogen and oxygen atoms in total. The Hall–Kier alpha value is -2.20. The number of methoxy groups -OCH3 is 3. The number of hydrogen-bond acceptors (Lipinski definition) is 4. The lowest BCUT2D eigenvalue weighted by atomic mass is 10.1. The average Bonchev–Trinajstić information content (AvgIpc) is 2.96. The van der Waals surface area contributed by atoms with E-state index in [4.69, 9.17) is 14.2 Å². The number of ether oxygens (including phenoxy) is 3. The van der Waals surface area contributed by atoms with Crippen LogP contribution in [0.25, 0.3) is 0 Å². The maximum atomic E-state index is 5.54. The van der Waals surface area contributed by atoms with Crippen LogP contribution in [0, 0.1) is 0 Å². The van der Waals surface area contributed by atoms with Gasteiger partial charge in [0.25, 0.3) is 0 Å². The fourth-order valence-electron chi connectivity index (χ4n) is 2.97. The summed E-state index contributed by atoms with van der Waals surface area (Å²) in [5.74, 6) is 2.55. The smallest absolute Gasteiger partial charge is 0.165 e. The van der Waals surface area contributed by atoms with Crippen LogP contribution in [0.5, 0.6) is 17.2 Å². The van der Waals surface area contributed by atoms with Crippen LogP contribution < -0.4 is 14.2 Å². The van der Waals surface area contributed by atoms with Crippen LogP contribution in [0.3, 0.4) is 0 Å². The zero-order valence-electron chi connectivity index (χ0n) is 13.3. The first-order valence-electron chi connectivity index (χ1n) is 7.33. The molecule has 4 heteroatoms. The second-order valence-electron chi connectivity index (χ2n) is 5.43. The van der Waals surface area contributed by atoms with Crippen molar-refractivity contribution in [3.8, 4) is 17.2 Å². The van der Waals surface area contributed by atoms with Crippen LogP contribution in [-0.4, -0.2) is 26.2 Å². The highest BCUT2D eigenvalue weighted by Gasteiger charge is 2.24. The third kappa shape index (κ3) is 2.74. The topological polar surface area (TPSA) is 30.9 Å². The molecule has 0 saturated carbocycles. The summed E-state index contributed by atoms with van der Waals surface area (Å²) in [7, 11) is 5.06. The molecule has 0 N–H and O–H groups in total. The molecule has 0 aliphatic carbocycles. The van der Waals surface area contributed by atoms with Gasteiger partial charge in [-0.15, -0.1) is 0 Å². The molecule has 0 fully saturated rings. The van der Waals surface area contributed by atoms with Crippen molar-refractivity contribution >= 4 is 0 Å². The zero-order chi connectivity index (χ0) is 15.5. The second kappa shape index (κ2) is 6.28. The quantitative estimate of drug-likeness (QED) is 0.848. The summed E-state index contributed by atoms with van der Waals surface area (Å²) in [5.41, 5.74) is 3.82. The summed E-state index contributed by atoms with van der Waals surface area (Å²) in [6, 6.07) is 12.3. The molecule has 0 aromatic heterocycles. The maximum absolute atomic E-state index is 5.54. The Morgan fingerprint density at radius 3 is 2.27 bits per heavy atom. The Labute approximate surface area is 131 Å². The molecule has 2 aromatic carbocycles. The third-order valence-corrected chi connectivity index (χ3v) is 4.09. The first-order valence-corrected chi connectivity index (χ1v) is 7.33. The summed E-state index contributed by atoms with van der Waals surface area (Å²) in [6.07, 6.45) is 0. The number of nitrogens with zero attached hydrogens (tertiary/aromatic N) is 1. The fourth-order valence-corrected chi connectivity index (χ4v) is 2.97. The fraction of sp³-hybridized carbons (Fsp3) is 0.333. The summed E-state index contributed by atoms with van der Waals surface area (Å²) in [6.45, 7) is 2.72. The first-order chi connectivity index (χ1) is 10.7. The molecule has 2 aromatic rings. The van der Waals surface area contributed by atoms with Crippen LogP contribution >= 0.6 is 0 Å². The summed E-state index contributed by atoms with van der Waals surface area (Å²) in [5, 5.41) is 0. The van der Waals surface area contributed by atoms with Crippen molar-refractivity contribution in [1.82, 2.24) is 4.90 Å². The van der Waals surface area contributed by atoms with Gasteiger partial charge in [0.15, 0.2) is 11.5 Å². The number of hydrogen-bond donors (Lipinski definition) is 0. The summed E-state index contributed by atoms with van der Waals surface area (Å²) >= 11 is 0. The largest absolute Gasteiger partial charge is 0.497 e. The SMILES string of the molecule is COc1ccc(CN2Cc3ccc(OC)c(OC)c3C2)cc1. The van der Waals surface area contributed by atoms with Gasteiger partial charge in [-0.25, -0.2) is 0 Å². The molecular formula is C18H21NO3. The third-order valence-electron chi connectivity index (χ3n) is 4.09. The molecule has 0 unspecified atom stereocenters. The van der Waals surface area contributed by atoms with E-state index >= 15 is 0 Å². The summed E-state index contributed by atoms with van der Waals surface area (Å²) in [4.78, 5) is 2.40. The van der Waals surface area contributed by atoms with Crippen molar-refractivity contribution in [2.75, 3.05) is 21.3 Å². The minimum atomic E-state index is 0.799. The van der Waals surface area contributed by atoms with Gasteiger partial charge in [0, 0.05) is 25.2 Å². The van der Waals surface area contributed by atoms with Crippen molar-refractivity contribution in [3.05, 3.63) is 53.1 Å². The van der Waals surface area contributed by atoms with Gasteiger partial charge in [0.2, 0.25) is 0 Å². The Balaban J connectivity index is 1.76. The van der Waals surface area contributed by atoms with E-state index in [0.29, 0.717) is 0 Å². The van der Waals surface area contributed by atoms with Crippen molar-refractivity contribution in [2.24, 2.45) is 0 Å². The van der Waals surface area contributed by atoms with Crippen LogP contribution in [0.4, 0.5) is 0 Å². The van der Waals surface area contributed by atoms with Gasteiger partial charge in [-0.1, -0.05) is 18.2 Å². The molecule has 1 heterocycles. The monoisotopic (exact) mass is 299 g/mol. The van der Waals surface area contributed by atoms with E-state index in [1.54, 1.807) is 21.3 Å². The molecule has 3 rings (SSSR count). The van der Waals surface area contributed by atoms with E-state index in [1.807, 2.05) is 18.2 Å². The van der Waals surface area contributed by atoms with E-state index in [9.17, 15) is 0 Å². The summed E-state index contributed by atoms with van der Waals surface area (Å²) < 4.78 is 16.1. The minimum Gasteiger partial charge on any atom is -0.497 e. The van der Waals surface area contributed by atoms with E-state index in [1.165, 1.54) is 16.7 Å². The molecular weight excluding hydrogens is 278 g/mol. The lowest BCUT2D eigenvalue weighted by Gasteiger charge is -2.15. The van der Waals surface area contributed by atoms with E-state index in [-0.39, 0.29) is 0 Å². The first kappa shape index (κ1) is 14.7. The molecule has 22 heavy (non-hydrogen) atoms. The molecule has 0 atom stereocenters. The molecule has 0 spiro atoms. The van der Waals surface area contributed by atoms with Crippen LogP contribution in [0.15, 0.2) is 36.4 Å². The van der Waals surface area contributed by atoms with E-state index in [0.717, 1.165) is 36.9 Å². The number of benzene rings is 2. The van der Waals surface area contributed by atoms with Crippen molar-refractivity contribution in [3.63, 3.8) is 0 Å². The van der Waals surface area contributed by atoms with Gasteiger partial charge >= 0.3 is 0 Å². The molecule has 0 amide bonds. The second-order valence-corrected chi connectivity index (χ2v) is 5.43. The number of rotatable bonds is 5. The molecule has 0 radical (unpaired) electrons. The molecule has 1 aliphatic rings. The zero-order valence-corrected chi connectivity index (χ0v) is 13.3. The Bertz CT molecular complexity index is 652. The van der Waals surface area contributed by atoms with Crippen LogP contribution in [-0.2, 0) is 19.6 Å². The van der Waals surface area contributed by atoms with Gasteiger partial charge in [0.1, 0.15) is 5.75 Å². The maximum Gasteiger partial charge on any atom is 0.165 e. The van der Waals surface area contributed by atoms with Gasteiger partial charge in [-0.2, -0.15) is 0 Å². The van der Waals surface area contributed by atoms with Crippen molar-refractivity contribution in [2.45, 2.75) is 19.6 Å². The average molecular weight is 299 g/mol. The van der Waals surface area contributed by atoms with Crippen LogP contribution in [0.2, 0.25) is 0 Å². The van der Waals surface area contributed by atoms with Crippen LogP contribution in [0.1, 0.15) is 16.7 Å². The van der Waals surface area contributed by atoms with Gasteiger partial charge in [0.05, 0.1) is 21.3 Å². The van der Waals surface area contributed by atoms with Crippen molar-refractivity contribution < 1.29 is 14.2 Å². The van der Waals surface area contributed by atoms with E-state index in [2.05, 4.69) is 23.1 Å². The Morgan fingerprint density at radius 2 is 1.64 bits per heavy atom. The molecule has 0 saturated heterocycles. The molecule has 1 aliphatic heterocycles. The minimum absolute atomic E-state index is 0.799. The Kier molecular flexibility index (Phi) is 4.20. The highest BCUT2D eigenvalue weighted by atomic mass is 16.5. The lowest BCUT2D eigenvalue weighted by Crippen LogP contribution is -2.15. The van der Waals surface area contributed by atoms with Gasteiger partial charge in [-0.05, 0) is 29.3 Å². The van der Waals surface area contributed by atoms with Gasteiger partial charge in [-0.3, -0.25) is 4.90 Å². The Morgan fingerprint density at radius 1 is 0.864 bits per heavy atom. The predicted octanol–water partition coefficient (Wildman–Crippen LogP) is 3.23. The molecule has 0 bridgehead atoms. The van der Waals surface area contributed by atoms with E-state index < -0.39 is 0 Å².